The zero-order valence-electron chi connectivity index (χ0n) is 20.2. The highest BCUT2D eigenvalue weighted by molar-refractivity contribution is 5.83. The summed E-state index contributed by atoms with van der Waals surface area (Å²) in [6.45, 7) is 3.92. The van der Waals surface area contributed by atoms with Crippen LogP contribution in [-0.2, 0) is 14.1 Å². The van der Waals surface area contributed by atoms with E-state index in [1.165, 1.54) is 16.8 Å². The average Bonchev–Trinajstić information content (AvgIpc) is 3.28. The van der Waals surface area contributed by atoms with Crippen molar-refractivity contribution in [2.45, 2.75) is 19.9 Å². The molecule has 0 fully saturated rings. The van der Waals surface area contributed by atoms with Gasteiger partial charge < -0.3 is 10.1 Å². The number of anilines is 1. The summed E-state index contributed by atoms with van der Waals surface area (Å²) in [5.41, 5.74) is 2.03. The van der Waals surface area contributed by atoms with Crippen LogP contribution in [0.25, 0.3) is 33.4 Å². The van der Waals surface area contributed by atoms with Crippen LogP contribution >= 0.6 is 0 Å². The maximum absolute atomic E-state index is 15.1. The number of aromatic nitrogens is 6. The molecule has 0 radical (unpaired) electrons. The lowest BCUT2D eigenvalue weighted by atomic mass is 10.1. The summed E-state index contributed by atoms with van der Waals surface area (Å²) >= 11 is 0. The van der Waals surface area contributed by atoms with Crippen molar-refractivity contribution >= 4 is 16.9 Å². The molecule has 0 saturated heterocycles. The number of benzene rings is 1. The first kappa shape index (κ1) is 23.2. The van der Waals surface area contributed by atoms with E-state index in [0.29, 0.717) is 34.2 Å². The Bertz CT molecular complexity index is 1640. The van der Waals surface area contributed by atoms with Crippen LogP contribution in [0.4, 0.5) is 10.3 Å². The standard InChI is InChI=1S/C26H24FN7O2/c1-15(2)31-26-29-13-20(25(35)34(26)4)22-6-5-16-9-19(10-21(27)24(16)32-22)36-18-7-8-28-23(11-18)17-12-30-33(3)14-17/h5-15H,1-4H3,(H,29,31). The Morgan fingerprint density at radius 2 is 1.83 bits per heavy atom. The van der Waals surface area contributed by atoms with Gasteiger partial charge in [-0.25, -0.2) is 14.4 Å². The SMILES string of the molecule is CC(C)Nc1ncc(-c2ccc3cc(Oc4ccnc(-c5cnn(C)c5)c4)cc(F)c3n2)c(=O)n1C. The van der Waals surface area contributed by atoms with E-state index in [-0.39, 0.29) is 22.7 Å². The van der Waals surface area contributed by atoms with Crippen molar-refractivity contribution in [2.24, 2.45) is 14.1 Å². The maximum atomic E-state index is 15.1. The highest BCUT2D eigenvalue weighted by Crippen LogP contribution is 2.30. The van der Waals surface area contributed by atoms with Crippen LogP contribution in [0.3, 0.4) is 0 Å². The molecule has 0 bridgehead atoms. The summed E-state index contributed by atoms with van der Waals surface area (Å²) in [5, 5.41) is 7.82. The van der Waals surface area contributed by atoms with E-state index in [9.17, 15) is 4.79 Å². The summed E-state index contributed by atoms with van der Waals surface area (Å²) in [4.78, 5) is 26.0. The van der Waals surface area contributed by atoms with Gasteiger partial charge >= 0.3 is 0 Å². The number of nitrogens with zero attached hydrogens (tertiary/aromatic N) is 6. The number of hydrogen-bond donors (Lipinski definition) is 1. The minimum absolute atomic E-state index is 0.118. The minimum atomic E-state index is -0.561. The van der Waals surface area contributed by atoms with Crippen LogP contribution in [-0.4, -0.2) is 35.3 Å². The molecule has 10 heteroatoms. The highest BCUT2D eigenvalue weighted by atomic mass is 19.1. The van der Waals surface area contributed by atoms with E-state index in [0.717, 1.165) is 5.56 Å². The Morgan fingerprint density at radius 3 is 2.58 bits per heavy atom. The van der Waals surface area contributed by atoms with Gasteiger partial charge in [0.25, 0.3) is 5.56 Å². The van der Waals surface area contributed by atoms with Gasteiger partial charge in [-0.1, -0.05) is 6.07 Å². The second-order valence-corrected chi connectivity index (χ2v) is 8.71. The quantitative estimate of drug-likeness (QED) is 0.377. The first-order chi connectivity index (χ1) is 17.3. The number of hydrogen-bond acceptors (Lipinski definition) is 7. The summed E-state index contributed by atoms with van der Waals surface area (Å²) < 4.78 is 24.1. The predicted molar refractivity (Wildman–Crippen MR) is 135 cm³/mol. The van der Waals surface area contributed by atoms with Crippen molar-refractivity contribution in [3.05, 3.63) is 77.4 Å². The summed E-state index contributed by atoms with van der Waals surface area (Å²) in [7, 11) is 3.46. The Hall–Kier alpha value is -4.60. The van der Waals surface area contributed by atoms with E-state index in [1.807, 2.05) is 27.1 Å². The Balaban J connectivity index is 1.46. The molecule has 0 saturated carbocycles. The smallest absolute Gasteiger partial charge is 0.264 e. The lowest BCUT2D eigenvalue weighted by Gasteiger charge is -2.13. The third-order valence-corrected chi connectivity index (χ3v) is 5.55. The lowest BCUT2D eigenvalue weighted by Crippen LogP contribution is -2.25. The third-order valence-electron chi connectivity index (χ3n) is 5.55. The first-order valence-electron chi connectivity index (χ1n) is 11.3. The molecule has 1 N–H and O–H groups in total. The van der Waals surface area contributed by atoms with Crippen LogP contribution in [0.15, 0.2) is 66.0 Å². The van der Waals surface area contributed by atoms with Crippen LogP contribution in [0.1, 0.15) is 13.8 Å². The molecule has 5 rings (SSSR count). The molecule has 0 amide bonds. The Labute approximate surface area is 206 Å². The van der Waals surface area contributed by atoms with Crippen molar-refractivity contribution < 1.29 is 9.13 Å². The molecular weight excluding hydrogens is 461 g/mol. The van der Waals surface area contributed by atoms with Crippen LogP contribution in [0.2, 0.25) is 0 Å². The normalized spacial score (nSPS) is 11.3. The van der Waals surface area contributed by atoms with Gasteiger partial charge in [-0.05, 0) is 32.0 Å². The molecule has 36 heavy (non-hydrogen) atoms. The molecule has 4 aromatic heterocycles. The monoisotopic (exact) mass is 485 g/mol. The van der Waals surface area contributed by atoms with Crippen molar-refractivity contribution in [2.75, 3.05) is 5.32 Å². The van der Waals surface area contributed by atoms with Crippen molar-refractivity contribution in [3.8, 4) is 34.0 Å². The molecule has 4 heterocycles. The van der Waals surface area contributed by atoms with Gasteiger partial charge in [0.1, 0.15) is 17.0 Å². The number of halogens is 1. The molecule has 182 valence electrons. The van der Waals surface area contributed by atoms with Gasteiger partial charge in [-0.15, -0.1) is 0 Å². The number of ether oxygens (including phenoxy) is 1. The molecule has 9 nitrogen and oxygen atoms in total. The van der Waals surface area contributed by atoms with Crippen molar-refractivity contribution in [1.29, 1.82) is 0 Å². The molecule has 1 aromatic carbocycles. The van der Waals surface area contributed by atoms with Gasteiger partial charge in [0.15, 0.2) is 5.82 Å². The van der Waals surface area contributed by atoms with E-state index in [4.69, 9.17) is 4.74 Å². The predicted octanol–water partition coefficient (Wildman–Crippen LogP) is 4.54. The zero-order valence-corrected chi connectivity index (χ0v) is 20.2. The Kier molecular flexibility index (Phi) is 5.93. The molecular formula is C26H24FN7O2. The summed E-state index contributed by atoms with van der Waals surface area (Å²) in [6, 6.07) is 9.94. The molecule has 0 aliphatic carbocycles. The fraction of sp³-hybridized carbons (Fsp3) is 0.192. The average molecular weight is 486 g/mol. The van der Waals surface area contributed by atoms with Gasteiger partial charge in [0.05, 0.1) is 23.1 Å². The first-order valence-corrected chi connectivity index (χ1v) is 11.3. The number of pyridine rings is 2. The fourth-order valence-corrected chi connectivity index (χ4v) is 3.81. The number of rotatable bonds is 6. The second-order valence-electron chi connectivity index (χ2n) is 8.71. The molecule has 0 aliphatic rings. The van der Waals surface area contributed by atoms with E-state index < -0.39 is 5.82 Å². The highest BCUT2D eigenvalue weighted by Gasteiger charge is 2.14. The van der Waals surface area contributed by atoms with Crippen LogP contribution in [0.5, 0.6) is 11.5 Å². The topological polar surface area (TPSA) is 99.8 Å². The third kappa shape index (κ3) is 4.52. The maximum Gasteiger partial charge on any atom is 0.264 e. The van der Waals surface area contributed by atoms with Gasteiger partial charge in [-0.3, -0.25) is 19.0 Å². The van der Waals surface area contributed by atoms with E-state index in [2.05, 4.69) is 25.4 Å². The summed E-state index contributed by atoms with van der Waals surface area (Å²) in [5.74, 6) is 0.723. The second kappa shape index (κ2) is 9.21. The van der Waals surface area contributed by atoms with E-state index >= 15 is 4.39 Å². The van der Waals surface area contributed by atoms with Crippen molar-refractivity contribution in [3.63, 3.8) is 0 Å². The number of nitrogens with one attached hydrogen (secondary N) is 1. The molecule has 5 aromatic rings. The molecule has 0 unspecified atom stereocenters. The number of fused-ring (bicyclic) bond motifs is 1. The van der Waals surface area contributed by atoms with Gasteiger partial charge in [-0.2, -0.15) is 5.10 Å². The lowest BCUT2D eigenvalue weighted by molar-refractivity contribution is 0.478. The minimum Gasteiger partial charge on any atom is -0.457 e. The molecule has 0 aliphatic heterocycles. The molecule has 0 atom stereocenters. The fourth-order valence-electron chi connectivity index (χ4n) is 3.81. The van der Waals surface area contributed by atoms with Crippen molar-refractivity contribution in [1.82, 2.24) is 29.3 Å². The largest absolute Gasteiger partial charge is 0.457 e. The van der Waals surface area contributed by atoms with Gasteiger partial charge in [0.2, 0.25) is 5.95 Å². The Morgan fingerprint density at radius 1 is 1.00 bits per heavy atom. The van der Waals surface area contributed by atoms with Crippen LogP contribution in [0, 0.1) is 5.82 Å². The summed E-state index contributed by atoms with van der Waals surface area (Å²) in [6.07, 6.45) is 6.64. The number of aryl methyl sites for hydroxylation is 1. The van der Waals surface area contributed by atoms with Crippen LogP contribution < -0.4 is 15.6 Å². The molecule has 0 spiro atoms. The van der Waals surface area contributed by atoms with E-state index in [1.54, 1.807) is 54.5 Å². The van der Waals surface area contributed by atoms with Gasteiger partial charge in [0, 0.05) is 61.8 Å². The zero-order chi connectivity index (χ0) is 25.4.